The van der Waals surface area contributed by atoms with Crippen molar-refractivity contribution in [2.45, 2.75) is 19.8 Å². The van der Waals surface area contributed by atoms with Crippen LogP contribution in [0.2, 0.25) is 5.02 Å². The fourth-order valence-corrected chi connectivity index (χ4v) is 2.10. The lowest BCUT2D eigenvalue weighted by Crippen LogP contribution is -1.93. The van der Waals surface area contributed by atoms with Gasteiger partial charge in [0.15, 0.2) is 0 Å². The topological polar surface area (TPSA) is 59.4 Å². The van der Waals surface area contributed by atoms with Gasteiger partial charge < -0.3 is 4.98 Å². The molecule has 5 nitrogen and oxygen atoms in total. The average Bonchev–Trinajstić information content (AvgIpc) is 3.09. The van der Waals surface area contributed by atoms with Crippen molar-refractivity contribution in [3.05, 3.63) is 58.9 Å². The van der Waals surface area contributed by atoms with Crippen LogP contribution in [0.1, 0.15) is 24.1 Å². The summed E-state index contributed by atoms with van der Waals surface area (Å²) in [6.45, 7) is 2.07. The second kappa shape index (κ2) is 5.46. The van der Waals surface area contributed by atoms with Crippen LogP contribution >= 0.6 is 11.6 Å². The van der Waals surface area contributed by atoms with Crippen LogP contribution < -0.4 is 0 Å². The van der Waals surface area contributed by atoms with Crippen molar-refractivity contribution in [3.8, 4) is 5.69 Å². The molecule has 0 saturated heterocycles. The first-order valence-electron chi connectivity index (χ1n) is 6.44. The van der Waals surface area contributed by atoms with Crippen molar-refractivity contribution in [2.75, 3.05) is 0 Å². The van der Waals surface area contributed by atoms with Crippen molar-refractivity contribution >= 4 is 11.6 Å². The first-order valence-corrected chi connectivity index (χ1v) is 6.82. The number of aromatic nitrogens is 5. The lowest BCUT2D eigenvalue weighted by atomic mass is 10.2. The van der Waals surface area contributed by atoms with E-state index in [9.17, 15) is 0 Å². The average molecular weight is 288 g/mol. The van der Waals surface area contributed by atoms with Gasteiger partial charge in [0.25, 0.3) is 0 Å². The molecule has 0 aliphatic heterocycles. The second-order valence-corrected chi connectivity index (χ2v) is 4.95. The van der Waals surface area contributed by atoms with Crippen LogP contribution in [-0.4, -0.2) is 25.0 Å². The monoisotopic (exact) mass is 287 g/mol. The Morgan fingerprint density at radius 3 is 2.75 bits per heavy atom. The molecule has 20 heavy (non-hydrogen) atoms. The van der Waals surface area contributed by atoms with Crippen LogP contribution in [0.3, 0.4) is 0 Å². The Balaban J connectivity index is 1.78. The number of nitrogens with zero attached hydrogens (tertiary/aromatic N) is 4. The highest BCUT2D eigenvalue weighted by Gasteiger charge is 2.06. The summed E-state index contributed by atoms with van der Waals surface area (Å²) in [5.41, 5.74) is 2.88. The van der Waals surface area contributed by atoms with Crippen LogP contribution in [0.15, 0.2) is 36.7 Å². The normalized spacial score (nSPS) is 10.9. The van der Waals surface area contributed by atoms with Gasteiger partial charge in [-0.3, -0.25) is 0 Å². The van der Waals surface area contributed by atoms with Crippen LogP contribution in [0, 0.1) is 0 Å². The van der Waals surface area contributed by atoms with E-state index in [4.69, 9.17) is 11.6 Å². The van der Waals surface area contributed by atoms with Crippen molar-refractivity contribution in [2.24, 2.45) is 0 Å². The third-order valence-corrected chi connectivity index (χ3v) is 3.27. The van der Waals surface area contributed by atoms with Crippen molar-refractivity contribution in [1.29, 1.82) is 0 Å². The van der Waals surface area contributed by atoms with E-state index < -0.39 is 0 Å². The van der Waals surface area contributed by atoms with Gasteiger partial charge in [-0.1, -0.05) is 23.7 Å². The summed E-state index contributed by atoms with van der Waals surface area (Å²) < 4.78 is 1.74. The minimum Gasteiger partial charge on any atom is -0.346 e. The molecule has 3 aromatic rings. The van der Waals surface area contributed by atoms with E-state index in [-0.39, 0.29) is 0 Å². The van der Waals surface area contributed by atoms with E-state index in [0.29, 0.717) is 11.4 Å². The number of hydrogen-bond donors (Lipinski definition) is 1. The number of nitrogens with one attached hydrogen (secondary N) is 1. The Morgan fingerprint density at radius 1 is 1.25 bits per heavy atom. The Labute approximate surface area is 121 Å². The number of halogens is 1. The molecule has 0 bridgehead atoms. The van der Waals surface area contributed by atoms with Crippen molar-refractivity contribution < 1.29 is 0 Å². The fraction of sp³-hybridized carbons (Fsp3) is 0.214. The predicted molar refractivity (Wildman–Crippen MR) is 77.1 cm³/mol. The number of hydrogen-bond acceptors (Lipinski definition) is 3. The maximum Gasteiger partial charge on any atom is 0.105 e. The van der Waals surface area contributed by atoms with E-state index in [2.05, 4.69) is 27.2 Å². The molecule has 6 heteroatoms. The molecule has 0 unspecified atom stereocenters. The molecular formula is C14H14ClN5. The van der Waals surface area contributed by atoms with Gasteiger partial charge in [-0.25, -0.2) is 9.67 Å². The van der Waals surface area contributed by atoms with Crippen LogP contribution in [0.5, 0.6) is 0 Å². The summed E-state index contributed by atoms with van der Waals surface area (Å²) in [6, 6.07) is 7.49. The largest absolute Gasteiger partial charge is 0.346 e. The lowest BCUT2D eigenvalue weighted by Gasteiger charge is -1.98. The minimum absolute atomic E-state index is 0.695. The van der Waals surface area contributed by atoms with E-state index in [1.54, 1.807) is 4.68 Å². The summed E-state index contributed by atoms with van der Waals surface area (Å²) in [6.07, 6.45) is 5.36. The number of aromatic amines is 1. The Kier molecular flexibility index (Phi) is 3.52. The van der Waals surface area contributed by atoms with Gasteiger partial charge in [0.2, 0.25) is 0 Å². The van der Waals surface area contributed by atoms with Crippen LogP contribution in [-0.2, 0) is 12.8 Å². The third-order valence-electron chi connectivity index (χ3n) is 3.02. The fourth-order valence-electron chi connectivity index (χ4n) is 1.97. The molecular weight excluding hydrogens is 274 g/mol. The molecule has 0 spiro atoms. The van der Waals surface area contributed by atoms with Crippen LogP contribution in [0.4, 0.5) is 0 Å². The van der Waals surface area contributed by atoms with E-state index >= 15 is 0 Å². The number of rotatable bonds is 4. The zero-order chi connectivity index (χ0) is 13.9. The SMILES string of the molecule is CCc1ncc(Cc2cn(-c3ccc(Cl)cc3)nn2)[nH]1. The van der Waals surface area contributed by atoms with Gasteiger partial charge in [0.1, 0.15) is 5.82 Å². The van der Waals surface area contributed by atoms with E-state index in [1.807, 2.05) is 36.7 Å². The number of imidazole rings is 1. The quantitative estimate of drug-likeness (QED) is 0.803. The molecule has 2 aromatic heterocycles. The molecule has 0 aliphatic rings. The molecule has 102 valence electrons. The molecule has 0 saturated carbocycles. The van der Waals surface area contributed by atoms with Gasteiger partial charge in [0, 0.05) is 29.8 Å². The van der Waals surface area contributed by atoms with Gasteiger partial charge >= 0.3 is 0 Å². The third kappa shape index (κ3) is 2.72. The predicted octanol–water partition coefficient (Wildman–Crippen LogP) is 2.80. The van der Waals surface area contributed by atoms with E-state index in [0.717, 1.165) is 29.3 Å². The van der Waals surface area contributed by atoms with Crippen LogP contribution in [0.25, 0.3) is 5.69 Å². The summed E-state index contributed by atoms with van der Waals surface area (Å²) in [7, 11) is 0. The maximum absolute atomic E-state index is 5.87. The smallest absolute Gasteiger partial charge is 0.105 e. The molecule has 1 aromatic carbocycles. The lowest BCUT2D eigenvalue weighted by molar-refractivity contribution is 0.798. The minimum atomic E-state index is 0.695. The summed E-state index contributed by atoms with van der Waals surface area (Å²) in [5, 5.41) is 9.01. The number of benzene rings is 1. The van der Waals surface area contributed by atoms with Gasteiger partial charge in [-0.15, -0.1) is 5.10 Å². The highest BCUT2D eigenvalue weighted by Crippen LogP contribution is 2.13. The highest BCUT2D eigenvalue weighted by molar-refractivity contribution is 6.30. The van der Waals surface area contributed by atoms with E-state index in [1.165, 1.54) is 0 Å². The molecule has 2 heterocycles. The van der Waals surface area contributed by atoms with Gasteiger partial charge in [-0.2, -0.15) is 0 Å². The molecule has 1 N–H and O–H groups in total. The van der Waals surface area contributed by atoms with Crippen molar-refractivity contribution in [3.63, 3.8) is 0 Å². The first-order chi connectivity index (χ1) is 9.74. The Hall–Kier alpha value is -2.14. The standard InChI is InChI=1S/C14H14ClN5/c1-2-14-16-8-11(17-14)7-12-9-20(19-18-12)13-5-3-10(15)4-6-13/h3-6,8-9H,2,7H2,1H3,(H,16,17). The maximum atomic E-state index is 5.87. The second-order valence-electron chi connectivity index (χ2n) is 4.52. The molecule has 0 atom stereocenters. The summed E-state index contributed by atoms with van der Waals surface area (Å²) >= 11 is 5.87. The molecule has 3 rings (SSSR count). The number of H-pyrrole nitrogens is 1. The molecule has 0 radical (unpaired) electrons. The zero-order valence-corrected chi connectivity index (χ0v) is 11.8. The van der Waals surface area contributed by atoms with Gasteiger partial charge in [0.05, 0.1) is 17.6 Å². The highest BCUT2D eigenvalue weighted by atomic mass is 35.5. The van der Waals surface area contributed by atoms with Crippen molar-refractivity contribution in [1.82, 2.24) is 25.0 Å². The molecule has 0 fully saturated rings. The molecule has 0 amide bonds. The Morgan fingerprint density at radius 2 is 2.05 bits per heavy atom. The first kappa shape index (κ1) is 12.9. The zero-order valence-electron chi connectivity index (χ0n) is 11.0. The molecule has 0 aliphatic carbocycles. The Bertz CT molecular complexity index is 698. The number of aryl methyl sites for hydroxylation is 1. The summed E-state index contributed by atoms with van der Waals surface area (Å²) in [5.74, 6) is 0.991. The van der Waals surface area contributed by atoms with Gasteiger partial charge in [-0.05, 0) is 24.3 Å². The summed E-state index contributed by atoms with van der Waals surface area (Å²) in [4.78, 5) is 7.54.